The maximum Gasteiger partial charge on any atom is 0.316 e. The first-order valence-corrected chi connectivity index (χ1v) is 10.9. The van der Waals surface area contributed by atoms with E-state index < -0.39 is 11.8 Å². The summed E-state index contributed by atoms with van der Waals surface area (Å²) in [4.78, 5) is 37.4. The van der Waals surface area contributed by atoms with E-state index in [1.54, 1.807) is 24.3 Å². The van der Waals surface area contributed by atoms with E-state index in [1.807, 2.05) is 6.07 Å². The number of amides is 2. The molecule has 0 saturated heterocycles. The Balaban J connectivity index is 1.72. The number of esters is 1. The van der Waals surface area contributed by atoms with E-state index in [9.17, 15) is 19.6 Å². The molecule has 1 aliphatic rings. The third kappa shape index (κ3) is 4.46. The molecule has 0 radical (unpaired) electrons. The van der Waals surface area contributed by atoms with E-state index in [2.05, 4.69) is 13.8 Å². The van der Waals surface area contributed by atoms with Crippen LogP contribution in [0.5, 0.6) is 0 Å². The van der Waals surface area contributed by atoms with Crippen molar-refractivity contribution in [2.24, 2.45) is 5.92 Å². The second-order valence-corrected chi connectivity index (χ2v) is 8.17. The Morgan fingerprint density at radius 2 is 1.86 bits per heavy atom. The van der Waals surface area contributed by atoms with E-state index in [0.717, 1.165) is 30.6 Å². The van der Waals surface area contributed by atoms with Gasteiger partial charge in [-0.3, -0.25) is 19.6 Å². The van der Waals surface area contributed by atoms with Gasteiger partial charge in [0.05, 0.1) is 23.5 Å². The molecule has 1 aliphatic heterocycles. The zero-order valence-electron chi connectivity index (χ0n) is 16.6. The lowest BCUT2D eigenvalue weighted by Gasteiger charge is -2.22. The average Bonchev–Trinajstić information content (AvgIpc) is 2.74. The highest BCUT2D eigenvalue weighted by Gasteiger charge is 2.32. The monoisotopic (exact) mass is 415 g/mol. The van der Waals surface area contributed by atoms with Gasteiger partial charge in [-0.1, -0.05) is 45.2 Å². The van der Waals surface area contributed by atoms with Gasteiger partial charge >= 0.3 is 5.97 Å². The van der Waals surface area contributed by atoms with Gasteiger partial charge in [-0.15, -0.1) is 16.8 Å². The number of thioether (sulfide) groups is 1. The van der Waals surface area contributed by atoms with Crippen LogP contribution in [0.25, 0.3) is 10.8 Å². The van der Waals surface area contributed by atoms with Crippen molar-refractivity contribution in [3.8, 4) is 0 Å². The number of carbonyl (C=O) groups is 3. The first-order valence-electron chi connectivity index (χ1n) is 9.89. The van der Waals surface area contributed by atoms with Crippen molar-refractivity contribution in [1.29, 1.82) is 0 Å². The molecule has 29 heavy (non-hydrogen) atoms. The molecule has 6 nitrogen and oxygen atoms in total. The number of carbonyl (C=O) groups excluding carboxylic acids is 3. The number of ether oxygens (including phenoxy) is 1. The number of unbranched alkanes of at least 4 members (excludes halogenated alkanes) is 1. The second kappa shape index (κ2) is 9.41. The van der Waals surface area contributed by atoms with Crippen LogP contribution in [0.4, 0.5) is 0 Å². The quantitative estimate of drug-likeness (QED) is 0.277. The predicted octanol–water partition coefficient (Wildman–Crippen LogP) is 4.68. The van der Waals surface area contributed by atoms with Gasteiger partial charge in [0.15, 0.2) is 0 Å². The molecule has 3 rings (SSSR count). The molecule has 2 amide bonds. The summed E-state index contributed by atoms with van der Waals surface area (Å²) in [5, 5.41) is 11.1. The Morgan fingerprint density at radius 1 is 1.14 bits per heavy atom. The van der Waals surface area contributed by atoms with Gasteiger partial charge in [0.2, 0.25) is 0 Å². The summed E-state index contributed by atoms with van der Waals surface area (Å²) in [6.45, 7) is 4.69. The first kappa shape index (κ1) is 21.3. The second-order valence-electron chi connectivity index (χ2n) is 7.15. The Hall–Kier alpha value is -2.38. The molecule has 154 valence electrons. The molecule has 0 aliphatic carbocycles. The first-order chi connectivity index (χ1) is 14.0. The van der Waals surface area contributed by atoms with Crippen LogP contribution < -0.4 is 0 Å². The highest BCUT2D eigenvalue weighted by molar-refractivity contribution is 8.00. The molecular formula is C22H25NO5S. The lowest BCUT2D eigenvalue weighted by molar-refractivity contribution is -0.141. The fourth-order valence-corrected chi connectivity index (χ4v) is 4.32. The van der Waals surface area contributed by atoms with Gasteiger partial charge in [0.25, 0.3) is 11.8 Å². The minimum atomic E-state index is -0.743. The molecule has 0 spiro atoms. The van der Waals surface area contributed by atoms with Gasteiger partial charge in [-0.2, -0.15) is 0 Å². The molecule has 0 fully saturated rings. The molecule has 0 saturated carbocycles. The van der Waals surface area contributed by atoms with E-state index in [1.165, 1.54) is 11.8 Å². The number of rotatable bonds is 9. The minimum Gasteiger partial charge on any atom is -0.465 e. The Morgan fingerprint density at radius 3 is 2.55 bits per heavy atom. The Kier molecular flexibility index (Phi) is 6.92. The van der Waals surface area contributed by atoms with Crippen LogP contribution in [0.15, 0.2) is 35.2 Å². The van der Waals surface area contributed by atoms with Gasteiger partial charge < -0.3 is 4.74 Å². The van der Waals surface area contributed by atoms with Crippen LogP contribution in [0.1, 0.15) is 60.2 Å². The van der Waals surface area contributed by atoms with Crippen LogP contribution in [-0.4, -0.2) is 40.4 Å². The van der Waals surface area contributed by atoms with E-state index >= 15 is 0 Å². The zero-order valence-corrected chi connectivity index (χ0v) is 17.5. The predicted molar refractivity (Wildman–Crippen MR) is 111 cm³/mol. The molecule has 2 aromatic carbocycles. The number of imide groups is 1. The molecular weight excluding hydrogens is 390 g/mol. The third-order valence-corrected chi connectivity index (χ3v) is 6.26. The van der Waals surface area contributed by atoms with Gasteiger partial charge in [0, 0.05) is 10.3 Å². The fourth-order valence-electron chi connectivity index (χ4n) is 3.47. The molecule has 2 aromatic rings. The number of hydrogen-bond donors (Lipinski definition) is 1. The van der Waals surface area contributed by atoms with Gasteiger partial charge in [0.1, 0.15) is 0 Å². The van der Waals surface area contributed by atoms with Crippen LogP contribution in [0.2, 0.25) is 0 Å². The van der Waals surface area contributed by atoms with Crippen molar-refractivity contribution in [2.75, 3.05) is 12.4 Å². The van der Waals surface area contributed by atoms with Crippen LogP contribution >= 0.6 is 11.8 Å². The van der Waals surface area contributed by atoms with E-state index in [-0.39, 0.29) is 27.9 Å². The van der Waals surface area contributed by atoms with E-state index in [0.29, 0.717) is 23.3 Å². The maximum atomic E-state index is 12.2. The highest BCUT2D eigenvalue weighted by atomic mass is 32.2. The molecule has 7 heteroatoms. The van der Waals surface area contributed by atoms with Crippen LogP contribution in [0.3, 0.4) is 0 Å². The molecule has 1 heterocycles. The topological polar surface area (TPSA) is 83.9 Å². The summed E-state index contributed by atoms with van der Waals surface area (Å²) < 4.78 is 5.45. The number of hydrogen-bond acceptors (Lipinski definition) is 6. The zero-order chi connectivity index (χ0) is 21.0. The summed E-state index contributed by atoms with van der Waals surface area (Å²) in [7, 11) is 0. The summed E-state index contributed by atoms with van der Waals surface area (Å²) >= 11 is 1.32. The maximum absolute atomic E-state index is 12.2. The molecule has 0 bridgehead atoms. The average molecular weight is 416 g/mol. The van der Waals surface area contributed by atoms with Crippen molar-refractivity contribution in [1.82, 2.24) is 5.06 Å². The highest BCUT2D eigenvalue weighted by Crippen LogP contribution is 2.35. The number of nitrogens with zero attached hydrogens (tertiary/aromatic N) is 1. The van der Waals surface area contributed by atoms with Crippen LogP contribution in [-0.2, 0) is 9.53 Å². The summed E-state index contributed by atoms with van der Waals surface area (Å²) in [6.07, 6.45) is 4.31. The molecule has 1 unspecified atom stereocenters. The number of hydroxylamine groups is 2. The third-order valence-electron chi connectivity index (χ3n) is 5.22. The van der Waals surface area contributed by atoms with Crippen molar-refractivity contribution < 1.29 is 24.3 Å². The van der Waals surface area contributed by atoms with Gasteiger partial charge in [-0.05, 0) is 35.9 Å². The van der Waals surface area contributed by atoms with Crippen molar-refractivity contribution in [3.63, 3.8) is 0 Å². The summed E-state index contributed by atoms with van der Waals surface area (Å²) in [6, 6.07) is 8.40. The SMILES string of the molecule is CCCCC(CC)COC(=O)CSc1ccc2c3c(cccc13)C(=O)N(O)C2=O. The Bertz CT molecular complexity index is 920. The van der Waals surface area contributed by atoms with Crippen molar-refractivity contribution in [2.45, 2.75) is 44.4 Å². The largest absolute Gasteiger partial charge is 0.465 e. The van der Waals surface area contributed by atoms with Gasteiger partial charge in [-0.25, -0.2) is 0 Å². The molecule has 0 aromatic heterocycles. The summed E-state index contributed by atoms with van der Waals surface area (Å²) in [5.41, 5.74) is 0.540. The van der Waals surface area contributed by atoms with Crippen LogP contribution in [0, 0.1) is 5.92 Å². The van der Waals surface area contributed by atoms with E-state index in [4.69, 9.17) is 4.74 Å². The molecule has 1 atom stereocenters. The standard InChI is InChI=1S/C22H25NO5S/c1-3-5-7-14(4-2)12-28-19(24)13-29-18-11-10-17-20-15(18)8-6-9-16(20)21(25)23(27)22(17)26/h6,8-11,14,27H,3-5,7,12-13H2,1-2H3. The van der Waals surface area contributed by atoms with Crippen molar-refractivity contribution in [3.05, 3.63) is 41.5 Å². The van der Waals surface area contributed by atoms with Crippen molar-refractivity contribution >= 4 is 40.3 Å². The Labute approximate surface area is 174 Å². The normalized spacial score (nSPS) is 14.4. The number of benzene rings is 2. The lowest BCUT2D eigenvalue weighted by atomic mass is 9.95. The fraction of sp³-hybridized carbons (Fsp3) is 0.409. The lowest BCUT2D eigenvalue weighted by Crippen LogP contribution is -2.37. The molecule has 1 N–H and O–H groups in total. The smallest absolute Gasteiger partial charge is 0.316 e. The minimum absolute atomic E-state index is 0.143. The summed E-state index contributed by atoms with van der Waals surface area (Å²) in [5.74, 6) is -1.22.